The Kier molecular flexibility index (Phi) is 4.86. The van der Waals surface area contributed by atoms with Gasteiger partial charge in [-0.3, -0.25) is 4.79 Å². The summed E-state index contributed by atoms with van der Waals surface area (Å²) < 4.78 is 16.0. The molecule has 1 heterocycles. The Morgan fingerprint density at radius 1 is 1.28 bits per heavy atom. The van der Waals surface area contributed by atoms with Gasteiger partial charge in [0, 0.05) is 0 Å². The SMILES string of the molecule is CCOc1ccccc1NC(=O)C(C#N)=Cc1ccc2c(c1)OCO2. The van der Waals surface area contributed by atoms with E-state index < -0.39 is 5.91 Å². The molecule has 2 aromatic rings. The topological polar surface area (TPSA) is 80.6 Å². The van der Waals surface area contributed by atoms with Crippen LogP contribution in [-0.4, -0.2) is 19.3 Å². The van der Waals surface area contributed by atoms with Crippen molar-refractivity contribution in [2.75, 3.05) is 18.7 Å². The summed E-state index contributed by atoms with van der Waals surface area (Å²) >= 11 is 0. The van der Waals surface area contributed by atoms with Crippen molar-refractivity contribution in [1.29, 1.82) is 5.26 Å². The Bertz CT molecular complexity index is 868. The molecular formula is C19H16N2O4. The van der Waals surface area contributed by atoms with Crippen LogP contribution >= 0.6 is 0 Å². The lowest BCUT2D eigenvalue weighted by atomic mass is 10.1. The molecule has 1 aliphatic rings. The van der Waals surface area contributed by atoms with Gasteiger partial charge in [-0.15, -0.1) is 0 Å². The fraction of sp³-hybridized carbons (Fsp3) is 0.158. The van der Waals surface area contributed by atoms with Gasteiger partial charge in [0.1, 0.15) is 17.4 Å². The standard InChI is InChI=1S/C19H16N2O4/c1-2-23-16-6-4-3-5-15(16)21-19(22)14(11-20)9-13-7-8-17-18(10-13)25-12-24-17/h3-10H,2,12H2,1H3,(H,21,22). The van der Waals surface area contributed by atoms with Gasteiger partial charge in [0.25, 0.3) is 5.91 Å². The zero-order valence-corrected chi connectivity index (χ0v) is 13.6. The van der Waals surface area contributed by atoms with Crippen LogP contribution in [0.3, 0.4) is 0 Å². The van der Waals surface area contributed by atoms with E-state index in [2.05, 4.69) is 5.32 Å². The number of amides is 1. The van der Waals surface area contributed by atoms with Gasteiger partial charge in [0.05, 0.1) is 12.3 Å². The molecule has 25 heavy (non-hydrogen) atoms. The summed E-state index contributed by atoms with van der Waals surface area (Å²) in [5, 5.41) is 12.0. The zero-order valence-electron chi connectivity index (χ0n) is 13.6. The summed E-state index contributed by atoms with van der Waals surface area (Å²) in [5.74, 6) is 1.28. The predicted octanol–water partition coefficient (Wildman–Crippen LogP) is 3.36. The van der Waals surface area contributed by atoms with Crippen molar-refractivity contribution >= 4 is 17.7 Å². The van der Waals surface area contributed by atoms with Crippen molar-refractivity contribution in [1.82, 2.24) is 0 Å². The van der Waals surface area contributed by atoms with Crippen LogP contribution in [0.2, 0.25) is 0 Å². The second-order valence-corrected chi connectivity index (χ2v) is 5.17. The first kappa shape index (κ1) is 16.4. The third-order valence-electron chi connectivity index (χ3n) is 3.51. The maximum absolute atomic E-state index is 12.4. The molecule has 6 nitrogen and oxygen atoms in total. The summed E-state index contributed by atoms with van der Waals surface area (Å²) in [6.45, 7) is 2.51. The Labute approximate surface area is 145 Å². The van der Waals surface area contributed by atoms with E-state index in [1.165, 1.54) is 6.08 Å². The molecule has 0 unspecified atom stereocenters. The monoisotopic (exact) mass is 336 g/mol. The molecule has 0 saturated carbocycles. The molecule has 0 spiro atoms. The summed E-state index contributed by atoms with van der Waals surface area (Å²) in [5.41, 5.74) is 1.17. The van der Waals surface area contributed by atoms with Crippen molar-refractivity contribution in [3.63, 3.8) is 0 Å². The van der Waals surface area contributed by atoms with Crippen molar-refractivity contribution in [2.24, 2.45) is 0 Å². The number of benzene rings is 2. The molecule has 0 fully saturated rings. The van der Waals surface area contributed by atoms with Crippen LogP contribution in [0.4, 0.5) is 5.69 Å². The third kappa shape index (κ3) is 3.72. The van der Waals surface area contributed by atoms with Crippen molar-refractivity contribution in [3.8, 4) is 23.3 Å². The number of nitrogens with zero attached hydrogens (tertiary/aromatic N) is 1. The number of para-hydroxylation sites is 2. The molecule has 2 aromatic carbocycles. The first-order chi connectivity index (χ1) is 12.2. The number of ether oxygens (including phenoxy) is 3. The van der Waals surface area contributed by atoms with Gasteiger partial charge in [-0.05, 0) is 42.8 Å². The first-order valence-corrected chi connectivity index (χ1v) is 7.76. The zero-order chi connectivity index (χ0) is 17.6. The van der Waals surface area contributed by atoms with Crippen LogP contribution < -0.4 is 19.5 Å². The van der Waals surface area contributed by atoms with E-state index in [0.717, 1.165) is 0 Å². The van der Waals surface area contributed by atoms with Crippen LogP contribution in [0.1, 0.15) is 12.5 Å². The molecule has 0 atom stereocenters. The summed E-state index contributed by atoms with van der Waals surface area (Å²) in [4.78, 5) is 12.4. The van der Waals surface area contributed by atoms with E-state index in [1.807, 2.05) is 19.1 Å². The minimum absolute atomic E-state index is 0.0230. The van der Waals surface area contributed by atoms with E-state index in [0.29, 0.717) is 35.1 Å². The normalized spacial score (nSPS) is 12.4. The van der Waals surface area contributed by atoms with Crippen LogP contribution in [0.5, 0.6) is 17.2 Å². The lowest BCUT2D eigenvalue weighted by Crippen LogP contribution is -2.14. The molecule has 1 amide bonds. The van der Waals surface area contributed by atoms with Gasteiger partial charge in [-0.1, -0.05) is 18.2 Å². The Morgan fingerprint density at radius 3 is 2.88 bits per heavy atom. The number of anilines is 1. The van der Waals surface area contributed by atoms with Gasteiger partial charge in [0.15, 0.2) is 11.5 Å². The summed E-state index contributed by atoms with van der Waals surface area (Å²) in [7, 11) is 0. The fourth-order valence-electron chi connectivity index (χ4n) is 2.36. The smallest absolute Gasteiger partial charge is 0.266 e. The number of rotatable bonds is 5. The molecule has 3 rings (SSSR count). The molecule has 1 N–H and O–H groups in total. The van der Waals surface area contributed by atoms with Crippen molar-refractivity contribution in [2.45, 2.75) is 6.92 Å². The number of carbonyl (C=O) groups excluding carboxylic acids is 1. The number of carbonyl (C=O) groups is 1. The lowest BCUT2D eigenvalue weighted by Gasteiger charge is -2.10. The number of nitriles is 1. The van der Waals surface area contributed by atoms with Crippen LogP contribution in [-0.2, 0) is 4.79 Å². The van der Waals surface area contributed by atoms with Gasteiger partial charge in [0.2, 0.25) is 6.79 Å². The van der Waals surface area contributed by atoms with Gasteiger partial charge >= 0.3 is 0 Å². The Hall–Kier alpha value is -3.46. The van der Waals surface area contributed by atoms with E-state index in [1.54, 1.807) is 36.4 Å². The predicted molar refractivity (Wildman–Crippen MR) is 92.4 cm³/mol. The molecule has 6 heteroatoms. The number of hydrogen-bond acceptors (Lipinski definition) is 5. The molecule has 1 aliphatic heterocycles. The molecule has 0 aliphatic carbocycles. The lowest BCUT2D eigenvalue weighted by molar-refractivity contribution is -0.112. The molecule has 0 radical (unpaired) electrons. The maximum Gasteiger partial charge on any atom is 0.266 e. The molecule has 126 valence electrons. The van der Waals surface area contributed by atoms with Gasteiger partial charge < -0.3 is 19.5 Å². The number of hydrogen-bond donors (Lipinski definition) is 1. The number of nitrogens with one attached hydrogen (secondary N) is 1. The van der Waals surface area contributed by atoms with Gasteiger partial charge in [-0.2, -0.15) is 5.26 Å². The Balaban J connectivity index is 1.81. The average molecular weight is 336 g/mol. The summed E-state index contributed by atoms with van der Waals surface area (Å²) in [6.07, 6.45) is 1.50. The number of fused-ring (bicyclic) bond motifs is 1. The fourth-order valence-corrected chi connectivity index (χ4v) is 2.36. The highest BCUT2D eigenvalue weighted by molar-refractivity contribution is 6.10. The molecular weight excluding hydrogens is 320 g/mol. The minimum Gasteiger partial charge on any atom is -0.492 e. The highest BCUT2D eigenvalue weighted by Gasteiger charge is 2.15. The van der Waals surface area contributed by atoms with Crippen LogP contribution in [0.15, 0.2) is 48.0 Å². The second kappa shape index (κ2) is 7.41. The Morgan fingerprint density at radius 2 is 2.08 bits per heavy atom. The minimum atomic E-state index is -0.507. The molecule has 0 aromatic heterocycles. The quantitative estimate of drug-likeness (QED) is 0.669. The largest absolute Gasteiger partial charge is 0.492 e. The van der Waals surface area contributed by atoms with Crippen molar-refractivity contribution in [3.05, 3.63) is 53.6 Å². The third-order valence-corrected chi connectivity index (χ3v) is 3.51. The summed E-state index contributed by atoms with van der Waals surface area (Å²) in [6, 6.07) is 14.2. The van der Waals surface area contributed by atoms with Crippen LogP contribution in [0.25, 0.3) is 6.08 Å². The second-order valence-electron chi connectivity index (χ2n) is 5.17. The van der Waals surface area contributed by atoms with Crippen LogP contribution in [0, 0.1) is 11.3 Å². The molecule has 0 saturated heterocycles. The van der Waals surface area contributed by atoms with E-state index in [-0.39, 0.29) is 12.4 Å². The highest BCUT2D eigenvalue weighted by Crippen LogP contribution is 2.33. The maximum atomic E-state index is 12.4. The highest BCUT2D eigenvalue weighted by atomic mass is 16.7. The average Bonchev–Trinajstić information content (AvgIpc) is 3.09. The molecule has 0 bridgehead atoms. The van der Waals surface area contributed by atoms with E-state index in [4.69, 9.17) is 14.2 Å². The van der Waals surface area contributed by atoms with E-state index >= 15 is 0 Å². The van der Waals surface area contributed by atoms with E-state index in [9.17, 15) is 10.1 Å². The van der Waals surface area contributed by atoms with Gasteiger partial charge in [-0.25, -0.2) is 0 Å². The first-order valence-electron chi connectivity index (χ1n) is 7.76. The van der Waals surface area contributed by atoms with Crippen molar-refractivity contribution < 1.29 is 19.0 Å².